The molecule has 0 saturated carbocycles. The molecule has 0 unspecified atom stereocenters. The summed E-state index contributed by atoms with van der Waals surface area (Å²) in [4.78, 5) is 21.2. The fourth-order valence-corrected chi connectivity index (χ4v) is 2.64. The summed E-state index contributed by atoms with van der Waals surface area (Å²) >= 11 is 0. The van der Waals surface area contributed by atoms with Gasteiger partial charge in [0, 0.05) is 29.7 Å². The summed E-state index contributed by atoms with van der Waals surface area (Å²) in [5.74, 6) is 1.60. The fraction of sp³-hybridized carbons (Fsp3) is 0.100. The van der Waals surface area contributed by atoms with Gasteiger partial charge in [0.15, 0.2) is 11.6 Å². The van der Waals surface area contributed by atoms with E-state index in [0.29, 0.717) is 28.4 Å². The van der Waals surface area contributed by atoms with Crippen molar-refractivity contribution in [3.8, 4) is 5.75 Å². The van der Waals surface area contributed by atoms with Gasteiger partial charge in [0.2, 0.25) is 0 Å². The third-order valence-corrected chi connectivity index (χ3v) is 3.95. The first-order valence-corrected chi connectivity index (χ1v) is 9.09. The zero-order valence-electron chi connectivity index (χ0n) is 15.8. The number of pyridine rings is 1. The molecule has 0 atom stereocenters. The first-order valence-electron chi connectivity index (χ1n) is 9.09. The van der Waals surface area contributed by atoms with Crippen LogP contribution < -0.4 is 15.5 Å². The highest BCUT2D eigenvalue weighted by atomic mass is 16.5. The second-order valence-electron chi connectivity index (χ2n) is 6.02. The average Bonchev–Trinajstić information content (AvgIpc) is 2.79. The Morgan fingerprint density at radius 1 is 1.00 bits per heavy atom. The molecule has 10 nitrogen and oxygen atoms in total. The molecule has 1 aromatic carbocycles. The van der Waals surface area contributed by atoms with Crippen molar-refractivity contribution in [1.82, 2.24) is 24.9 Å². The third kappa shape index (κ3) is 4.62. The lowest BCUT2D eigenvalue weighted by Gasteiger charge is -2.10. The number of hydrogen-bond acceptors (Lipinski definition) is 10. The van der Waals surface area contributed by atoms with Gasteiger partial charge in [-0.15, -0.1) is 0 Å². The van der Waals surface area contributed by atoms with Crippen molar-refractivity contribution in [2.24, 2.45) is 5.10 Å². The number of rotatable bonds is 8. The lowest BCUT2D eigenvalue weighted by Crippen LogP contribution is -2.03. The molecule has 3 N–H and O–H groups in total. The van der Waals surface area contributed by atoms with Gasteiger partial charge in [0.25, 0.3) is 0 Å². The summed E-state index contributed by atoms with van der Waals surface area (Å²) in [5, 5.41) is 16.3. The zero-order valence-corrected chi connectivity index (χ0v) is 15.8. The Bertz CT molecular complexity index is 1150. The maximum Gasteiger partial charge on any atom is 0.176 e. The molecule has 0 radical (unpaired) electrons. The number of ether oxygens (including phenoxy) is 1. The van der Waals surface area contributed by atoms with E-state index in [4.69, 9.17) is 9.84 Å². The van der Waals surface area contributed by atoms with Crippen molar-refractivity contribution < 1.29 is 9.84 Å². The minimum Gasteiger partial charge on any atom is -0.491 e. The maximum atomic E-state index is 8.91. The van der Waals surface area contributed by atoms with E-state index in [0.717, 1.165) is 11.3 Å². The molecule has 3 aromatic heterocycles. The summed E-state index contributed by atoms with van der Waals surface area (Å²) in [6.07, 6.45) is 7.88. The fourth-order valence-electron chi connectivity index (χ4n) is 2.64. The lowest BCUT2D eigenvalue weighted by atomic mass is 10.3. The second kappa shape index (κ2) is 9.34. The molecule has 0 amide bonds. The van der Waals surface area contributed by atoms with Crippen molar-refractivity contribution in [3.05, 3.63) is 67.0 Å². The Morgan fingerprint density at radius 2 is 1.83 bits per heavy atom. The number of aromatic nitrogens is 5. The van der Waals surface area contributed by atoms with Gasteiger partial charge >= 0.3 is 0 Å². The number of hydrogen-bond donors (Lipinski definition) is 3. The minimum atomic E-state index is -0.0514. The molecule has 4 aromatic rings. The highest BCUT2D eigenvalue weighted by Gasteiger charge is 2.10. The van der Waals surface area contributed by atoms with Crippen LogP contribution in [-0.4, -0.2) is 49.5 Å². The van der Waals surface area contributed by atoms with Crippen molar-refractivity contribution in [1.29, 1.82) is 0 Å². The van der Waals surface area contributed by atoms with Gasteiger partial charge in [-0.1, -0.05) is 12.1 Å². The van der Waals surface area contributed by atoms with E-state index in [2.05, 4.69) is 40.8 Å². The molecular formula is C20H18N8O2. The molecule has 150 valence electrons. The van der Waals surface area contributed by atoms with Gasteiger partial charge in [0.05, 0.1) is 12.8 Å². The van der Waals surface area contributed by atoms with Crippen LogP contribution >= 0.6 is 0 Å². The first-order chi connectivity index (χ1) is 14.8. The quantitative estimate of drug-likeness (QED) is 0.300. The summed E-state index contributed by atoms with van der Waals surface area (Å²) in [7, 11) is 0. The van der Waals surface area contributed by atoms with Crippen molar-refractivity contribution in [3.63, 3.8) is 0 Å². The van der Waals surface area contributed by atoms with E-state index in [-0.39, 0.29) is 13.2 Å². The van der Waals surface area contributed by atoms with E-state index >= 15 is 0 Å². The molecule has 30 heavy (non-hydrogen) atoms. The normalized spacial score (nSPS) is 11.0. The topological polar surface area (TPSA) is 130 Å². The van der Waals surface area contributed by atoms with Gasteiger partial charge in [-0.05, 0) is 18.2 Å². The first kappa shape index (κ1) is 19.2. The Balaban J connectivity index is 1.57. The summed E-state index contributed by atoms with van der Waals surface area (Å²) < 4.78 is 5.44. The SMILES string of the molecule is OCCOc1cccc(Nc2ncnc3c(NN=Cc4cccnc4)ncnc23)c1. The molecular weight excluding hydrogens is 384 g/mol. The summed E-state index contributed by atoms with van der Waals surface area (Å²) in [6.45, 7) is 0.172. The number of hydrazone groups is 1. The van der Waals surface area contributed by atoms with Gasteiger partial charge in [-0.2, -0.15) is 5.10 Å². The van der Waals surface area contributed by atoms with Crippen LogP contribution in [0.1, 0.15) is 5.56 Å². The van der Waals surface area contributed by atoms with Gasteiger partial charge < -0.3 is 15.2 Å². The van der Waals surface area contributed by atoms with Gasteiger partial charge in [0.1, 0.15) is 36.0 Å². The number of anilines is 3. The highest BCUT2D eigenvalue weighted by molar-refractivity contribution is 5.93. The van der Waals surface area contributed by atoms with Crippen molar-refractivity contribution in [2.75, 3.05) is 24.0 Å². The van der Waals surface area contributed by atoms with Crippen LogP contribution in [0.3, 0.4) is 0 Å². The van der Waals surface area contributed by atoms with Crippen LogP contribution in [0, 0.1) is 0 Å². The molecule has 0 aliphatic carbocycles. The molecule has 0 bridgehead atoms. The molecule has 0 saturated heterocycles. The van der Waals surface area contributed by atoms with E-state index < -0.39 is 0 Å². The Hall–Kier alpha value is -4.18. The molecule has 0 aliphatic rings. The maximum absolute atomic E-state index is 8.91. The van der Waals surface area contributed by atoms with Crippen LogP contribution in [0.5, 0.6) is 5.75 Å². The molecule has 0 fully saturated rings. The minimum absolute atomic E-state index is 0.0514. The monoisotopic (exact) mass is 402 g/mol. The van der Waals surface area contributed by atoms with E-state index in [9.17, 15) is 0 Å². The van der Waals surface area contributed by atoms with Crippen LogP contribution in [0.2, 0.25) is 0 Å². The molecule has 0 spiro atoms. The number of nitrogens with zero attached hydrogens (tertiary/aromatic N) is 6. The Kier molecular flexibility index (Phi) is 5.97. The lowest BCUT2D eigenvalue weighted by molar-refractivity contribution is 0.201. The van der Waals surface area contributed by atoms with Crippen LogP contribution in [0.25, 0.3) is 11.0 Å². The molecule has 10 heteroatoms. The number of benzene rings is 1. The second-order valence-corrected chi connectivity index (χ2v) is 6.02. The van der Waals surface area contributed by atoms with Gasteiger partial charge in [-0.25, -0.2) is 19.9 Å². The van der Waals surface area contributed by atoms with Crippen molar-refractivity contribution >= 4 is 34.6 Å². The van der Waals surface area contributed by atoms with Crippen LogP contribution in [-0.2, 0) is 0 Å². The van der Waals surface area contributed by atoms with E-state index in [1.54, 1.807) is 18.6 Å². The Morgan fingerprint density at radius 3 is 2.63 bits per heavy atom. The standard InChI is InChI=1S/C20H18N8O2/c29-7-8-30-16-5-1-4-15(9-16)27-19-17-18(23-12-24-19)20(25-13-22-17)28-26-11-14-3-2-6-21-10-14/h1-6,9-13,29H,7-8H2,(H,22,25,28)(H,23,24,27). The number of fused-ring (bicyclic) bond motifs is 1. The van der Waals surface area contributed by atoms with Crippen LogP contribution in [0.4, 0.5) is 17.3 Å². The zero-order chi connectivity index (χ0) is 20.6. The molecule has 4 rings (SSSR count). The average molecular weight is 402 g/mol. The number of aliphatic hydroxyl groups is 1. The predicted molar refractivity (Wildman–Crippen MR) is 113 cm³/mol. The van der Waals surface area contributed by atoms with E-state index in [1.807, 2.05) is 36.4 Å². The number of nitrogens with one attached hydrogen (secondary N) is 2. The summed E-state index contributed by atoms with van der Waals surface area (Å²) in [6, 6.07) is 11.0. The predicted octanol–water partition coefficient (Wildman–Crippen LogP) is 2.38. The largest absolute Gasteiger partial charge is 0.491 e. The number of aliphatic hydroxyl groups excluding tert-OH is 1. The third-order valence-electron chi connectivity index (χ3n) is 3.95. The van der Waals surface area contributed by atoms with Crippen LogP contribution in [0.15, 0.2) is 66.5 Å². The van der Waals surface area contributed by atoms with Crippen molar-refractivity contribution in [2.45, 2.75) is 0 Å². The molecule has 0 aliphatic heterocycles. The smallest absolute Gasteiger partial charge is 0.176 e. The molecule has 3 heterocycles. The highest BCUT2D eigenvalue weighted by Crippen LogP contribution is 2.26. The Labute approximate surface area is 171 Å². The summed E-state index contributed by atoms with van der Waals surface area (Å²) in [5.41, 5.74) is 5.55. The van der Waals surface area contributed by atoms with Gasteiger partial charge in [-0.3, -0.25) is 10.4 Å². The van der Waals surface area contributed by atoms with E-state index in [1.165, 1.54) is 12.7 Å².